The van der Waals surface area contributed by atoms with Crippen molar-refractivity contribution in [1.29, 1.82) is 0 Å². The van der Waals surface area contributed by atoms with Crippen LogP contribution in [0.15, 0.2) is 47.6 Å². The molecule has 0 aliphatic rings. The predicted octanol–water partition coefficient (Wildman–Crippen LogP) is 3.28. The maximum absolute atomic E-state index is 12.4. The molecule has 0 bridgehead atoms. The van der Waals surface area contributed by atoms with Gasteiger partial charge < -0.3 is 10.6 Å². The van der Waals surface area contributed by atoms with E-state index in [0.29, 0.717) is 17.0 Å². The Morgan fingerprint density at radius 2 is 2.12 bits per heavy atom. The molecule has 132 valence electrons. The van der Waals surface area contributed by atoms with E-state index in [2.05, 4.69) is 27.2 Å². The zero-order chi connectivity index (χ0) is 18.2. The van der Waals surface area contributed by atoms with Crippen LogP contribution in [0.1, 0.15) is 11.1 Å². The number of hydrogen-bond acceptors (Lipinski definition) is 6. The quantitative estimate of drug-likeness (QED) is 0.401. The van der Waals surface area contributed by atoms with Gasteiger partial charge in [0.25, 0.3) is 5.91 Å². The number of hydroxylamine groups is 1. The topological polar surface area (TPSA) is 75.3 Å². The molecule has 2 rings (SSSR count). The number of anilines is 2. The smallest absolute Gasteiger partial charge is 0.277 e. The van der Waals surface area contributed by atoms with E-state index in [1.165, 1.54) is 12.0 Å². The van der Waals surface area contributed by atoms with Crippen LogP contribution in [0.2, 0.25) is 0 Å². The van der Waals surface area contributed by atoms with Gasteiger partial charge in [-0.1, -0.05) is 0 Å². The molecule has 6 nitrogen and oxygen atoms in total. The van der Waals surface area contributed by atoms with Gasteiger partial charge in [-0.05, 0) is 49.1 Å². The molecule has 0 aliphatic carbocycles. The third kappa shape index (κ3) is 4.74. The van der Waals surface area contributed by atoms with Crippen LogP contribution in [-0.2, 0) is 9.63 Å². The zero-order valence-corrected chi connectivity index (χ0v) is 15.5. The Balaban J connectivity index is 2.39. The molecule has 0 spiro atoms. The molecular formula is C18H22N4O2S. The van der Waals surface area contributed by atoms with Crippen LogP contribution in [0.5, 0.6) is 0 Å². The number of benzene rings is 1. The lowest BCUT2D eigenvalue weighted by molar-refractivity contribution is -0.125. The number of pyridine rings is 1. The van der Waals surface area contributed by atoms with Crippen molar-refractivity contribution in [2.75, 3.05) is 31.0 Å². The fourth-order valence-electron chi connectivity index (χ4n) is 2.31. The number of hydrogen-bond donors (Lipinski definition) is 3. The average Bonchev–Trinajstić information content (AvgIpc) is 2.63. The minimum absolute atomic E-state index is 0.363. The van der Waals surface area contributed by atoms with E-state index in [4.69, 9.17) is 4.84 Å². The van der Waals surface area contributed by atoms with Gasteiger partial charge in [0.15, 0.2) is 0 Å². The van der Waals surface area contributed by atoms with Crippen LogP contribution in [0, 0.1) is 6.92 Å². The highest BCUT2D eigenvalue weighted by molar-refractivity contribution is 7.98. The van der Waals surface area contributed by atoms with Gasteiger partial charge in [0.2, 0.25) is 0 Å². The van der Waals surface area contributed by atoms with Crippen molar-refractivity contribution in [2.45, 2.75) is 11.8 Å². The molecule has 1 heterocycles. The second-order valence-corrected chi connectivity index (χ2v) is 6.05. The molecular weight excluding hydrogens is 336 g/mol. The van der Waals surface area contributed by atoms with E-state index >= 15 is 0 Å². The lowest BCUT2D eigenvalue weighted by Gasteiger charge is -2.13. The number of nitrogens with one attached hydrogen (secondary N) is 3. The van der Waals surface area contributed by atoms with Crippen LogP contribution in [0.3, 0.4) is 0 Å². The first-order chi connectivity index (χ1) is 12.1. The van der Waals surface area contributed by atoms with Crippen molar-refractivity contribution in [3.05, 3.63) is 53.9 Å². The van der Waals surface area contributed by atoms with Crippen LogP contribution in [0.4, 0.5) is 11.5 Å². The van der Waals surface area contributed by atoms with E-state index in [1.807, 2.05) is 31.4 Å². The van der Waals surface area contributed by atoms with E-state index < -0.39 is 0 Å². The summed E-state index contributed by atoms with van der Waals surface area (Å²) in [5, 5.41) is 6.20. The molecule has 0 saturated carbocycles. The second-order valence-electron chi connectivity index (χ2n) is 5.17. The Kier molecular flexibility index (Phi) is 6.85. The largest absolute Gasteiger partial charge is 0.373 e. The SMILES string of the molecule is CNc1ncccc1/C(=C/Nc1ccc(SC)cc1C)C(=O)NOC. The number of rotatable bonds is 7. The molecule has 0 fully saturated rings. The number of amides is 1. The summed E-state index contributed by atoms with van der Waals surface area (Å²) in [5.41, 5.74) is 5.46. The van der Waals surface area contributed by atoms with Gasteiger partial charge in [-0.2, -0.15) is 0 Å². The zero-order valence-electron chi connectivity index (χ0n) is 14.7. The van der Waals surface area contributed by atoms with Crippen LogP contribution in [-0.4, -0.2) is 31.3 Å². The minimum atomic E-state index is -0.363. The lowest BCUT2D eigenvalue weighted by atomic mass is 10.1. The maximum atomic E-state index is 12.4. The summed E-state index contributed by atoms with van der Waals surface area (Å²) in [5.74, 6) is 0.245. The summed E-state index contributed by atoms with van der Waals surface area (Å²) in [7, 11) is 3.16. The second kappa shape index (κ2) is 9.10. The van der Waals surface area contributed by atoms with Gasteiger partial charge >= 0.3 is 0 Å². The average molecular weight is 358 g/mol. The lowest BCUT2D eigenvalue weighted by Crippen LogP contribution is -2.24. The highest BCUT2D eigenvalue weighted by Gasteiger charge is 2.16. The Hall–Kier alpha value is -2.51. The Labute approximate surface area is 152 Å². The van der Waals surface area contributed by atoms with E-state index in [9.17, 15) is 4.79 Å². The summed E-state index contributed by atoms with van der Waals surface area (Å²) in [6, 6.07) is 9.73. The summed E-state index contributed by atoms with van der Waals surface area (Å²) in [4.78, 5) is 22.6. The number of aryl methyl sites for hydroxylation is 1. The number of carbonyl (C=O) groups excluding carboxylic acids is 1. The molecule has 0 saturated heterocycles. The van der Waals surface area contributed by atoms with Gasteiger partial charge in [-0.25, -0.2) is 10.5 Å². The first-order valence-electron chi connectivity index (χ1n) is 7.68. The predicted molar refractivity (Wildman–Crippen MR) is 103 cm³/mol. The first-order valence-corrected chi connectivity index (χ1v) is 8.91. The number of aromatic nitrogens is 1. The third-order valence-electron chi connectivity index (χ3n) is 3.58. The van der Waals surface area contributed by atoms with Crippen molar-refractivity contribution in [2.24, 2.45) is 0 Å². The van der Waals surface area contributed by atoms with Crippen molar-refractivity contribution >= 4 is 34.7 Å². The van der Waals surface area contributed by atoms with Crippen LogP contribution < -0.4 is 16.1 Å². The number of carbonyl (C=O) groups is 1. The first kappa shape index (κ1) is 18.8. The molecule has 0 radical (unpaired) electrons. The fourth-order valence-corrected chi connectivity index (χ4v) is 2.81. The molecule has 1 amide bonds. The van der Waals surface area contributed by atoms with E-state index in [0.717, 1.165) is 11.3 Å². The molecule has 1 aromatic carbocycles. The van der Waals surface area contributed by atoms with Gasteiger partial charge in [0.05, 0.1) is 12.7 Å². The van der Waals surface area contributed by atoms with Crippen molar-refractivity contribution in [1.82, 2.24) is 10.5 Å². The molecule has 1 aromatic heterocycles. The number of nitrogens with zero attached hydrogens (tertiary/aromatic N) is 1. The standard InChI is InChI=1S/C18H22N4O2S/c1-12-10-13(25-4)7-8-16(12)21-11-15(18(23)22-24-3)14-6-5-9-20-17(14)19-2/h5-11,21H,1-4H3,(H,19,20)(H,22,23)/b15-11-. The van der Waals surface area contributed by atoms with Gasteiger partial charge in [0.1, 0.15) is 5.82 Å². The molecule has 0 unspecified atom stereocenters. The normalized spacial score (nSPS) is 11.1. The summed E-state index contributed by atoms with van der Waals surface area (Å²) >= 11 is 1.69. The molecule has 0 atom stereocenters. The van der Waals surface area contributed by atoms with Crippen molar-refractivity contribution in [3.8, 4) is 0 Å². The maximum Gasteiger partial charge on any atom is 0.277 e. The van der Waals surface area contributed by atoms with Gasteiger partial charge in [-0.3, -0.25) is 9.63 Å². The van der Waals surface area contributed by atoms with E-state index in [-0.39, 0.29) is 5.91 Å². The Morgan fingerprint density at radius 1 is 1.32 bits per heavy atom. The fraction of sp³-hybridized carbons (Fsp3) is 0.222. The van der Waals surface area contributed by atoms with Crippen LogP contribution in [0.25, 0.3) is 5.57 Å². The summed E-state index contributed by atoms with van der Waals surface area (Å²) < 4.78 is 0. The van der Waals surface area contributed by atoms with Crippen molar-refractivity contribution < 1.29 is 9.63 Å². The third-order valence-corrected chi connectivity index (χ3v) is 4.30. The highest BCUT2D eigenvalue weighted by atomic mass is 32.2. The minimum Gasteiger partial charge on any atom is -0.373 e. The van der Waals surface area contributed by atoms with Crippen molar-refractivity contribution in [3.63, 3.8) is 0 Å². The van der Waals surface area contributed by atoms with Gasteiger partial charge in [-0.15, -0.1) is 11.8 Å². The summed E-state index contributed by atoms with van der Waals surface area (Å²) in [6.45, 7) is 2.02. The molecule has 25 heavy (non-hydrogen) atoms. The van der Waals surface area contributed by atoms with Crippen LogP contribution >= 0.6 is 11.8 Å². The Bertz CT molecular complexity index is 777. The number of thioether (sulfide) groups is 1. The van der Waals surface area contributed by atoms with E-state index in [1.54, 1.807) is 37.3 Å². The molecule has 2 aromatic rings. The van der Waals surface area contributed by atoms with Gasteiger partial charge in [0, 0.05) is 35.6 Å². The Morgan fingerprint density at radius 3 is 2.76 bits per heavy atom. The monoisotopic (exact) mass is 358 g/mol. The molecule has 0 aliphatic heterocycles. The summed E-state index contributed by atoms with van der Waals surface area (Å²) in [6.07, 6.45) is 5.36. The molecule has 7 heteroatoms. The molecule has 3 N–H and O–H groups in total. The highest BCUT2D eigenvalue weighted by Crippen LogP contribution is 2.25.